The molecule has 0 atom stereocenters. The molecule has 0 saturated heterocycles. The molecule has 0 saturated carbocycles. The Morgan fingerprint density at radius 1 is 1.44 bits per heavy atom. The maximum atomic E-state index is 11.7. The van der Waals surface area contributed by atoms with Crippen molar-refractivity contribution in [2.24, 2.45) is 5.92 Å². The Balaban J connectivity index is 2.73. The molecule has 3 nitrogen and oxygen atoms in total. The summed E-state index contributed by atoms with van der Waals surface area (Å²) in [5.41, 5.74) is 0.568. The zero-order chi connectivity index (χ0) is 12.1. The maximum absolute atomic E-state index is 11.7. The first-order valence-corrected chi connectivity index (χ1v) is 5.75. The van der Waals surface area contributed by atoms with Gasteiger partial charge in [0.2, 0.25) is 5.91 Å². The fourth-order valence-electron chi connectivity index (χ4n) is 1.49. The second kappa shape index (κ2) is 5.75. The summed E-state index contributed by atoms with van der Waals surface area (Å²) in [6.07, 6.45) is 1.61. The summed E-state index contributed by atoms with van der Waals surface area (Å²) in [4.78, 5) is 11.7. The van der Waals surface area contributed by atoms with Gasteiger partial charge in [0.05, 0.1) is 5.02 Å². The van der Waals surface area contributed by atoms with Crippen LogP contribution in [-0.2, 0) is 4.79 Å². The molecule has 1 aromatic carbocycles. The second-order valence-electron chi connectivity index (χ2n) is 3.67. The van der Waals surface area contributed by atoms with Gasteiger partial charge in [0.1, 0.15) is 5.75 Å². The van der Waals surface area contributed by atoms with E-state index in [1.54, 1.807) is 12.1 Å². The van der Waals surface area contributed by atoms with Crippen LogP contribution in [0.4, 0.5) is 5.69 Å². The van der Waals surface area contributed by atoms with Crippen molar-refractivity contribution in [3.05, 3.63) is 23.2 Å². The average molecular weight is 242 g/mol. The molecule has 4 heteroatoms. The van der Waals surface area contributed by atoms with E-state index in [1.165, 1.54) is 6.07 Å². The van der Waals surface area contributed by atoms with E-state index in [1.807, 2.05) is 13.8 Å². The summed E-state index contributed by atoms with van der Waals surface area (Å²) in [5.74, 6) is -0.0337. The molecule has 0 radical (unpaired) electrons. The van der Waals surface area contributed by atoms with E-state index in [4.69, 9.17) is 11.6 Å². The lowest BCUT2D eigenvalue weighted by Gasteiger charge is -2.12. The molecule has 1 amide bonds. The standard InChI is InChI=1S/C12H16ClNO2/c1-3-8(4-2)12(16)14-9-5-6-10(13)11(15)7-9/h5-8,15H,3-4H2,1-2H3,(H,14,16). The highest BCUT2D eigenvalue weighted by Gasteiger charge is 2.14. The predicted octanol–water partition coefficient (Wildman–Crippen LogP) is 3.42. The highest BCUT2D eigenvalue weighted by Crippen LogP contribution is 2.26. The third-order valence-corrected chi connectivity index (χ3v) is 2.89. The van der Waals surface area contributed by atoms with E-state index < -0.39 is 0 Å². The van der Waals surface area contributed by atoms with Crippen molar-refractivity contribution in [3.8, 4) is 5.75 Å². The molecule has 0 aliphatic heterocycles. The van der Waals surface area contributed by atoms with E-state index in [-0.39, 0.29) is 22.6 Å². The van der Waals surface area contributed by atoms with E-state index in [0.717, 1.165) is 12.8 Å². The SMILES string of the molecule is CCC(CC)C(=O)Nc1ccc(Cl)c(O)c1. The fraction of sp³-hybridized carbons (Fsp3) is 0.417. The van der Waals surface area contributed by atoms with E-state index in [2.05, 4.69) is 5.32 Å². The molecule has 16 heavy (non-hydrogen) atoms. The van der Waals surface area contributed by atoms with E-state index >= 15 is 0 Å². The number of carbonyl (C=O) groups is 1. The van der Waals surface area contributed by atoms with Gasteiger partial charge in [-0.2, -0.15) is 0 Å². The van der Waals surface area contributed by atoms with Crippen LogP contribution in [0.5, 0.6) is 5.75 Å². The Morgan fingerprint density at radius 2 is 2.06 bits per heavy atom. The van der Waals surface area contributed by atoms with E-state index in [0.29, 0.717) is 5.69 Å². The number of nitrogens with one attached hydrogen (secondary N) is 1. The average Bonchev–Trinajstić information content (AvgIpc) is 2.25. The molecule has 0 bridgehead atoms. The number of benzene rings is 1. The van der Waals surface area contributed by atoms with Gasteiger partial charge < -0.3 is 10.4 Å². The molecular formula is C12H16ClNO2. The minimum atomic E-state index is -0.0241. The Bertz CT molecular complexity index is 375. The van der Waals surface area contributed by atoms with Crippen LogP contribution in [0.2, 0.25) is 5.02 Å². The molecule has 0 aliphatic carbocycles. The predicted molar refractivity (Wildman–Crippen MR) is 65.8 cm³/mol. The van der Waals surface area contributed by atoms with Gasteiger partial charge in [-0.25, -0.2) is 0 Å². The van der Waals surface area contributed by atoms with Gasteiger partial charge in [-0.3, -0.25) is 4.79 Å². The minimum Gasteiger partial charge on any atom is -0.506 e. The van der Waals surface area contributed by atoms with Crippen molar-refractivity contribution in [2.45, 2.75) is 26.7 Å². The third-order valence-electron chi connectivity index (χ3n) is 2.57. The summed E-state index contributed by atoms with van der Waals surface area (Å²) < 4.78 is 0. The van der Waals surface area contributed by atoms with Gasteiger partial charge in [0, 0.05) is 17.7 Å². The fourth-order valence-corrected chi connectivity index (χ4v) is 1.61. The van der Waals surface area contributed by atoms with Crippen LogP contribution in [-0.4, -0.2) is 11.0 Å². The van der Waals surface area contributed by atoms with Crippen LogP contribution in [0.25, 0.3) is 0 Å². The number of anilines is 1. The normalized spacial score (nSPS) is 10.5. The Labute approximate surface area is 100 Å². The number of halogens is 1. The van der Waals surface area contributed by atoms with Crippen LogP contribution in [0, 0.1) is 5.92 Å². The number of carbonyl (C=O) groups excluding carboxylic acids is 1. The molecule has 0 fully saturated rings. The summed E-state index contributed by atoms with van der Waals surface area (Å²) in [6, 6.07) is 4.67. The van der Waals surface area contributed by atoms with Gasteiger partial charge in [0.15, 0.2) is 0 Å². The number of hydrogen-bond acceptors (Lipinski definition) is 2. The van der Waals surface area contributed by atoms with Gasteiger partial charge in [0.25, 0.3) is 0 Å². The van der Waals surface area contributed by atoms with Crippen molar-refractivity contribution in [2.75, 3.05) is 5.32 Å². The largest absolute Gasteiger partial charge is 0.506 e. The smallest absolute Gasteiger partial charge is 0.227 e. The molecule has 1 aromatic rings. The lowest BCUT2D eigenvalue weighted by Crippen LogP contribution is -2.21. The van der Waals surface area contributed by atoms with E-state index in [9.17, 15) is 9.90 Å². The number of hydrogen-bond donors (Lipinski definition) is 2. The maximum Gasteiger partial charge on any atom is 0.227 e. The first-order chi connectivity index (χ1) is 7.58. The molecule has 2 N–H and O–H groups in total. The molecule has 88 valence electrons. The number of amides is 1. The highest BCUT2D eigenvalue weighted by molar-refractivity contribution is 6.32. The van der Waals surface area contributed by atoms with Gasteiger partial charge >= 0.3 is 0 Å². The van der Waals surface area contributed by atoms with Gasteiger partial charge in [-0.15, -0.1) is 0 Å². The van der Waals surface area contributed by atoms with Gasteiger partial charge in [-0.05, 0) is 25.0 Å². The molecule has 0 heterocycles. The first-order valence-electron chi connectivity index (χ1n) is 5.37. The lowest BCUT2D eigenvalue weighted by molar-refractivity contribution is -0.120. The van der Waals surface area contributed by atoms with Crippen molar-refractivity contribution in [1.29, 1.82) is 0 Å². The van der Waals surface area contributed by atoms with Crippen LogP contribution in [0.15, 0.2) is 18.2 Å². The number of phenolic OH excluding ortho intramolecular Hbond substituents is 1. The van der Waals surface area contributed by atoms with Gasteiger partial charge in [-0.1, -0.05) is 25.4 Å². The van der Waals surface area contributed by atoms with Crippen LogP contribution in [0.3, 0.4) is 0 Å². The Kier molecular flexibility index (Phi) is 4.62. The first kappa shape index (κ1) is 12.8. The molecular weight excluding hydrogens is 226 g/mol. The van der Waals surface area contributed by atoms with Crippen molar-refractivity contribution in [1.82, 2.24) is 0 Å². The summed E-state index contributed by atoms with van der Waals surface area (Å²) in [7, 11) is 0. The number of phenols is 1. The topological polar surface area (TPSA) is 49.3 Å². The number of aromatic hydroxyl groups is 1. The zero-order valence-corrected chi connectivity index (χ0v) is 10.2. The molecule has 0 aliphatic rings. The van der Waals surface area contributed by atoms with Crippen LogP contribution in [0.1, 0.15) is 26.7 Å². The minimum absolute atomic E-state index is 0.0119. The highest BCUT2D eigenvalue weighted by atomic mass is 35.5. The lowest BCUT2D eigenvalue weighted by atomic mass is 10.0. The second-order valence-corrected chi connectivity index (χ2v) is 4.08. The Hall–Kier alpha value is -1.22. The Morgan fingerprint density at radius 3 is 2.56 bits per heavy atom. The number of rotatable bonds is 4. The summed E-state index contributed by atoms with van der Waals surface area (Å²) in [6.45, 7) is 3.96. The molecule has 0 aromatic heterocycles. The summed E-state index contributed by atoms with van der Waals surface area (Å²) in [5, 5.41) is 12.4. The van der Waals surface area contributed by atoms with Crippen molar-refractivity contribution < 1.29 is 9.90 Å². The zero-order valence-electron chi connectivity index (χ0n) is 9.46. The summed E-state index contributed by atoms with van der Waals surface area (Å²) >= 11 is 5.67. The molecule has 0 spiro atoms. The molecule has 1 rings (SSSR count). The van der Waals surface area contributed by atoms with Crippen LogP contribution >= 0.6 is 11.6 Å². The quantitative estimate of drug-likeness (QED) is 0.849. The van der Waals surface area contributed by atoms with Crippen LogP contribution < -0.4 is 5.32 Å². The monoisotopic (exact) mass is 241 g/mol. The molecule has 0 unspecified atom stereocenters. The van der Waals surface area contributed by atoms with Crippen molar-refractivity contribution in [3.63, 3.8) is 0 Å². The third kappa shape index (κ3) is 3.14. The van der Waals surface area contributed by atoms with Crippen molar-refractivity contribution >= 4 is 23.2 Å².